The number of likely N-dealkylation sites (tertiary alicyclic amines) is 1. The molecule has 0 aliphatic carbocycles. The van der Waals surface area contributed by atoms with Gasteiger partial charge in [-0.15, -0.1) is 0 Å². The SMILES string of the molecule is COc1ccc(Nc2c(C(=O)N3CCC(c4ccc(F)cc4)CC3)cn(C)c(=O)c2Cl)cc1C. The molecule has 0 radical (unpaired) electrons. The molecule has 1 aromatic heterocycles. The minimum atomic E-state index is -0.388. The largest absolute Gasteiger partial charge is 0.496 e. The number of halogens is 2. The van der Waals surface area contributed by atoms with Crippen molar-refractivity contribution in [3.8, 4) is 5.75 Å². The number of hydrogen-bond donors (Lipinski definition) is 1. The smallest absolute Gasteiger partial charge is 0.271 e. The first-order valence-corrected chi connectivity index (χ1v) is 11.5. The number of carbonyl (C=O) groups is 1. The van der Waals surface area contributed by atoms with E-state index in [9.17, 15) is 14.0 Å². The molecule has 1 saturated heterocycles. The van der Waals surface area contributed by atoms with Gasteiger partial charge in [0.15, 0.2) is 0 Å². The summed E-state index contributed by atoms with van der Waals surface area (Å²) in [6.45, 7) is 3.03. The van der Waals surface area contributed by atoms with E-state index in [0.29, 0.717) is 30.0 Å². The van der Waals surface area contributed by atoms with Crippen LogP contribution in [0.3, 0.4) is 0 Å². The van der Waals surface area contributed by atoms with Crippen molar-refractivity contribution in [2.24, 2.45) is 7.05 Å². The molecule has 8 heteroatoms. The van der Waals surface area contributed by atoms with Gasteiger partial charge < -0.3 is 19.5 Å². The van der Waals surface area contributed by atoms with Crippen molar-refractivity contribution in [1.82, 2.24) is 9.47 Å². The fraction of sp³-hybridized carbons (Fsp3) is 0.308. The number of nitrogens with zero attached hydrogens (tertiary/aromatic N) is 2. The van der Waals surface area contributed by atoms with Gasteiger partial charge in [0.25, 0.3) is 11.5 Å². The molecule has 6 nitrogen and oxygen atoms in total. The number of nitrogens with one attached hydrogen (secondary N) is 1. The number of anilines is 2. The Labute approximate surface area is 202 Å². The van der Waals surface area contributed by atoms with Crippen molar-refractivity contribution in [3.63, 3.8) is 0 Å². The molecule has 2 heterocycles. The van der Waals surface area contributed by atoms with Gasteiger partial charge in [-0.1, -0.05) is 23.7 Å². The minimum Gasteiger partial charge on any atom is -0.496 e. The third-order valence-electron chi connectivity index (χ3n) is 6.34. The standard InChI is InChI=1S/C26H27ClFN3O3/c1-16-14-20(8-9-22(16)34-3)29-24-21(15-30(2)26(33)23(24)27)25(32)31-12-10-18(11-13-31)17-4-6-19(28)7-5-17/h4-9,14-15,18,29H,10-13H2,1-3H3. The van der Waals surface area contributed by atoms with E-state index >= 15 is 0 Å². The van der Waals surface area contributed by atoms with Crippen molar-refractivity contribution in [1.29, 1.82) is 0 Å². The number of ether oxygens (including phenoxy) is 1. The van der Waals surface area contributed by atoms with Crippen molar-refractivity contribution < 1.29 is 13.9 Å². The molecule has 0 unspecified atom stereocenters. The van der Waals surface area contributed by atoms with E-state index in [1.807, 2.05) is 37.3 Å². The van der Waals surface area contributed by atoms with Crippen molar-refractivity contribution >= 4 is 28.9 Å². The Balaban J connectivity index is 1.58. The predicted molar refractivity (Wildman–Crippen MR) is 132 cm³/mol. The molecule has 1 amide bonds. The second-order valence-corrected chi connectivity index (χ2v) is 8.95. The van der Waals surface area contributed by atoms with Gasteiger partial charge in [0.05, 0.1) is 18.4 Å². The average molecular weight is 484 g/mol. The van der Waals surface area contributed by atoms with Crippen LogP contribution in [0.1, 0.15) is 40.2 Å². The molecule has 0 saturated carbocycles. The molecule has 1 fully saturated rings. The summed E-state index contributed by atoms with van der Waals surface area (Å²) in [5.41, 5.74) is 2.92. The van der Waals surface area contributed by atoms with Gasteiger partial charge in [0.2, 0.25) is 0 Å². The Morgan fingerprint density at radius 1 is 1.15 bits per heavy atom. The number of aryl methyl sites for hydroxylation is 2. The third kappa shape index (κ3) is 4.80. The highest BCUT2D eigenvalue weighted by atomic mass is 35.5. The van der Waals surface area contributed by atoms with Crippen LogP contribution < -0.4 is 15.6 Å². The molecule has 1 aliphatic rings. The first kappa shape index (κ1) is 23.8. The molecule has 34 heavy (non-hydrogen) atoms. The molecule has 2 aromatic carbocycles. The summed E-state index contributed by atoms with van der Waals surface area (Å²) < 4.78 is 19.9. The zero-order valence-corrected chi connectivity index (χ0v) is 20.2. The van der Waals surface area contributed by atoms with Gasteiger partial charge in [0.1, 0.15) is 16.6 Å². The molecular formula is C26H27ClFN3O3. The Morgan fingerprint density at radius 2 is 1.82 bits per heavy atom. The first-order chi connectivity index (χ1) is 16.3. The number of piperidine rings is 1. The van der Waals surface area contributed by atoms with E-state index < -0.39 is 0 Å². The Hall–Kier alpha value is -3.32. The van der Waals surface area contributed by atoms with E-state index in [-0.39, 0.29) is 28.2 Å². The number of pyridine rings is 1. The van der Waals surface area contributed by atoms with Crippen molar-refractivity contribution in [2.75, 3.05) is 25.5 Å². The molecular weight excluding hydrogens is 457 g/mol. The van der Waals surface area contributed by atoms with Crippen LogP contribution in [-0.2, 0) is 7.05 Å². The number of methoxy groups -OCH3 is 1. The number of benzene rings is 2. The van der Waals surface area contributed by atoms with E-state index in [2.05, 4.69) is 5.32 Å². The zero-order valence-electron chi connectivity index (χ0n) is 19.4. The highest BCUT2D eigenvalue weighted by Crippen LogP contribution is 2.32. The van der Waals surface area contributed by atoms with Crippen LogP contribution in [0.5, 0.6) is 5.75 Å². The lowest BCUT2D eigenvalue weighted by atomic mass is 9.89. The number of rotatable bonds is 5. The van der Waals surface area contributed by atoms with Crippen LogP contribution in [0.15, 0.2) is 53.5 Å². The van der Waals surface area contributed by atoms with Crippen molar-refractivity contribution in [2.45, 2.75) is 25.7 Å². The second-order valence-electron chi connectivity index (χ2n) is 8.58. The number of carbonyl (C=O) groups excluding carboxylic acids is 1. The van der Waals surface area contributed by atoms with Crippen LogP contribution in [0.4, 0.5) is 15.8 Å². The summed E-state index contributed by atoms with van der Waals surface area (Å²) in [5, 5.41) is 3.14. The zero-order chi connectivity index (χ0) is 24.4. The summed E-state index contributed by atoms with van der Waals surface area (Å²) >= 11 is 6.43. The fourth-order valence-electron chi connectivity index (χ4n) is 4.40. The lowest BCUT2D eigenvalue weighted by Gasteiger charge is -2.33. The van der Waals surface area contributed by atoms with E-state index in [4.69, 9.17) is 16.3 Å². The Kier molecular flexibility index (Phi) is 6.93. The maximum atomic E-state index is 13.5. The minimum absolute atomic E-state index is 0.0389. The first-order valence-electron chi connectivity index (χ1n) is 11.1. The van der Waals surface area contributed by atoms with E-state index in [1.165, 1.54) is 22.9 Å². The average Bonchev–Trinajstić information content (AvgIpc) is 2.84. The number of aromatic nitrogens is 1. The fourth-order valence-corrected chi connectivity index (χ4v) is 4.69. The van der Waals surface area contributed by atoms with Gasteiger partial charge in [-0.2, -0.15) is 0 Å². The van der Waals surface area contributed by atoms with Gasteiger partial charge in [-0.3, -0.25) is 9.59 Å². The Morgan fingerprint density at radius 3 is 2.44 bits per heavy atom. The summed E-state index contributed by atoms with van der Waals surface area (Å²) in [7, 11) is 3.18. The topological polar surface area (TPSA) is 63.6 Å². The molecule has 4 rings (SSSR count). The van der Waals surface area contributed by atoms with Gasteiger partial charge in [-0.25, -0.2) is 4.39 Å². The van der Waals surface area contributed by atoms with Gasteiger partial charge >= 0.3 is 0 Å². The van der Waals surface area contributed by atoms with Crippen LogP contribution in [0.2, 0.25) is 5.02 Å². The summed E-state index contributed by atoms with van der Waals surface area (Å²) in [4.78, 5) is 27.8. The van der Waals surface area contributed by atoms with Crippen LogP contribution in [-0.4, -0.2) is 35.6 Å². The summed E-state index contributed by atoms with van der Waals surface area (Å²) in [6.07, 6.45) is 3.08. The molecule has 1 N–H and O–H groups in total. The highest BCUT2D eigenvalue weighted by Gasteiger charge is 2.28. The number of hydrogen-bond acceptors (Lipinski definition) is 4. The lowest BCUT2D eigenvalue weighted by Crippen LogP contribution is -2.39. The van der Waals surface area contributed by atoms with Crippen molar-refractivity contribution in [3.05, 3.63) is 86.5 Å². The van der Waals surface area contributed by atoms with Crippen LogP contribution >= 0.6 is 11.6 Å². The second kappa shape index (κ2) is 9.89. The molecule has 3 aromatic rings. The van der Waals surface area contributed by atoms with Gasteiger partial charge in [0, 0.05) is 32.0 Å². The third-order valence-corrected chi connectivity index (χ3v) is 6.69. The Bertz CT molecular complexity index is 1270. The normalized spacial score (nSPS) is 14.2. The molecule has 0 spiro atoms. The number of amides is 1. The quantitative estimate of drug-likeness (QED) is 0.537. The van der Waals surface area contributed by atoms with E-state index in [0.717, 1.165) is 29.7 Å². The van der Waals surface area contributed by atoms with Crippen LogP contribution in [0.25, 0.3) is 0 Å². The molecule has 0 atom stereocenters. The molecule has 0 bridgehead atoms. The molecule has 178 valence electrons. The maximum absolute atomic E-state index is 13.5. The van der Waals surface area contributed by atoms with Crippen LogP contribution in [0, 0.1) is 12.7 Å². The highest BCUT2D eigenvalue weighted by molar-refractivity contribution is 6.34. The monoisotopic (exact) mass is 483 g/mol. The maximum Gasteiger partial charge on any atom is 0.271 e. The summed E-state index contributed by atoms with van der Waals surface area (Å²) in [6, 6.07) is 12.0. The lowest BCUT2D eigenvalue weighted by molar-refractivity contribution is 0.0713. The molecule has 1 aliphatic heterocycles. The van der Waals surface area contributed by atoms with E-state index in [1.54, 1.807) is 19.1 Å². The predicted octanol–water partition coefficient (Wildman–Crippen LogP) is 5.26. The van der Waals surface area contributed by atoms with Gasteiger partial charge in [-0.05, 0) is 67.1 Å². The summed E-state index contributed by atoms with van der Waals surface area (Å²) in [5.74, 6) is 0.562.